The van der Waals surface area contributed by atoms with Crippen molar-refractivity contribution in [2.45, 2.75) is 0 Å². The minimum atomic E-state index is -0.571. The Kier molecular flexibility index (Phi) is 5.70. The minimum Gasteiger partial charge on any atom is -0.465 e. The summed E-state index contributed by atoms with van der Waals surface area (Å²) in [6, 6.07) is 9.73. The lowest BCUT2D eigenvalue weighted by Crippen LogP contribution is -2.25. The van der Waals surface area contributed by atoms with Gasteiger partial charge in [0.15, 0.2) is 0 Å². The molecule has 0 aliphatic heterocycles. The molecule has 0 fully saturated rings. The van der Waals surface area contributed by atoms with Crippen LogP contribution in [0.4, 0.5) is 4.79 Å². The lowest BCUT2D eigenvalue weighted by Gasteiger charge is -2.15. The molecule has 0 N–H and O–H groups in total. The summed E-state index contributed by atoms with van der Waals surface area (Å²) in [5, 5.41) is 0.787. The molecule has 2 rings (SSSR count). The predicted octanol–water partition coefficient (Wildman–Crippen LogP) is 4.51. The fourth-order valence-corrected chi connectivity index (χ4v) is 2.24. The second-order valence-corrected chi connectivity index (χ2v) is 5.91. The van der Waals surface area contributed by atoms with E-state index >= 15 is 0 Å². The van der Waals surface area contributed by atoms with E-state index in [1.165, 1.54) is 18.1 Å². The molecule has 0 bridgehead atoms. The van der Waals surface area contributed by atoms with E-state index in [9.17, 15) is 9.59 Å². The third-order valence-electron chi connectivity index (χ3n) is 3.20. The summed E-state index contributed by atoms with van der Waals surface area (Å²) in [5.41, 5.74) is 1.56. The van der Waals surface area contributed by atoms with E-state index in [-0.39, 0.29) is 11.3 Å². The molecule has 1 amide bonds. The molecular formula is C17H15Cl2NO4. The van der Waals surface area contributed by atoms with Crippen molar-refractivity contribution in [3.8, 4) is 16.9 Å². The van der Waals surface area contributed by atoms with Gasteiger partial charge in [0, 0.05) is 19.7 Å². The van der Waals surface area contributed by atoms with Gasteiger partial charge in [0.2, 0.25) is 0 Å². The van der Waals surface area contributed by atoms with Gasteiger partial charge < -0.3 is 14.4 Å². The van der Waals surface area contributed by atoms with Crippen LogP contribution in [0.1, 0.15) is 10.4 Å². The average molecular weight is 368 g/mol. The predicted molar refractivity (Wildman–Crippen MR) is 92.9 cm³/mol. The SMILES string of the molecule is COC(=O)c1ccc(-c2ccc(Cl)c(Cl)c2)c(OC(=O)N(C)C)c1. The molecule has 0 aromatic heterocycles. The molecule has 0 unspecified atom stereocenters. The van der Waals surface area contributed by atoms with Crippen molar-refractivity contribution < 1.29 is 19.1 Å². The molecule has 126 valence electrons. The van der Waals surface area contributed by atoms with Crippen LogP contribution in [-0.4, -0.2) is 38.2 Å². The van der Waals surface area contributed by atoms with Crippen molar-refractivity contribution >= 4 is 35.3 Å². The van der Waals surface area contributed by atoms with Crippen molar-refractivity contribution in [3.05, 3.63) is 52.0 Å². The normalized spacial score (nSPS) is 10.2. The highest BCUT2D eigenvalue weighted by molar-refractivity contribution is 6.42. The fourth-order valence-electron chi connectivity index (χ4n) is 1.94. The molecule has 0 spiro atoms. The van der Waals surface area contributed by atoms with Crippen LogP contribution in [0, 0.1) is 0 Å². The quantitative estimate of drug-likeness (QED) is 0.749. The first kappa shape index (κ1) is 18.1. The zero-order valence-corrected chi connectivity index (χ0v) is 14.8. The summed E-state index contributed by atoms with van der Waals surface area (Å²) in [6.07, 6.45) is -0.571. The topological polar surface area (TPSA) is 55.8 Å². The van der Waals surface area contributed by atoms with Gasteiger partial charge in [-0.1, -0.05) is 29.3 Å². The zero-order valence-electron chi connectivity index (χ0n) is 13.3. The Hall–Kier alpha value is -2.24. The second kappa shape index (κ2) is 7.55. The molecule has 5 nitrogen and oxygen atoms in total. The highest BCUT2D eigenvalue weighted by atomic mass is 35.5. The Morgan fingerprint density at radius 1 is 1.00 bits per heavy atom. The highest BCUT2D eigenvalue weighted by Crippen LogP contribution is 2.35. The molecule has 0 heterocycles. The van der Waals surface area contributed by atoms with Crippen LogP contribution < -0.4 is 4.74 Å². The third kappa shape index (κ3) is 3.99. The van der Waals surface area contributed by atoms with Crippen molar-refractivity contribution in [1.29, 1.82) is 0 Å². The van der Waals surface area contributed by atoms with Crippen LogP contribution >= 0.6 is 23.2 Å². The van der Waals surface area contributed by atoms with E-state index in [1.54, 1.807) is 44.4 Å². The van der Waals surface area contributed by atoms with Gasteiger partial charge in [-0.25, -0.2) is 9.59 Å². The van der Waals surface area contributed by atoms with Crippen molar-refractivity contribution in [2.24, 2.45) is 0 Å². The van der Waals surface area contributed by atoms with E-state index in [0.29, 0.717) is 21.2 Å². The number of ether oxygens (including phenoxy) is 2. The number of nitrogens with zero attached hydrogens (tertiary/aromatic N) is 1. The first-order valence-corrected chi connectivity index (χ1v) is 7.66. The maximum absolute atomic E-state index is 11.9. The van der Waals surface area contributed by atoms with Gasteiger partial charge in [0.1, 0.15) is 5.75 Å². The van der Waals surface area contributed by atoms with E-state index < -0.39 is 12.1 Å². The Balaban J connectivity index is 2.54. The van der Waals surface area contributed by atoms with E-state index in [2.05, 4.69) is 0 Å². The summed E-state index contributed by atoms with van der Waals surface area (Å²) in [4.78, 5) is 24.9. The smallest absolute Gasteiger partial charge is 0.414 e. The molecule has 0 saturated heterocycles. The van der Waals surface area contributed by atoms with Crippen LogP contribution in [0.25, 0.3) is 11.1 Å². The number of carbonyl (C=O) groups is 2. The Morgan fingerprint density at radius 2 is 1.71 bits per heavy atom. The van der Waals surface area contributed by atoms with E-state index in [4.69, 9.17) is 32.7 Å². The third-order valence-corrected chi connectivity index (χ3v) is 3.93. The molecular weight excluding hydrogens is 353 g/mol. The molecule has 2 aromatic rings. The zero-order chi connectivity index (χ0) is 17.9. The van der Waals surface area contributed by atoms with Crippen LogP contribution in [0.2, 0.25) is 10.0 Å². The number of hydrogen-bond acceptors (Lipinski definition) is 4. The van der Waals surface area contributed by atoms with Crippen LogP contribution in [0.5, 0.6) is 5.75 Å². The molecule has 2 aromatic carbocycles. The van der Waals surface area contributed by atoms with Crippen LogP contribution in [-0.2, 0) is 4.74 Å². The minimum absolute atomic E-state index is 0.218. The molecule has 0 radical (unpaired) electrons. The highest BCUT2D eigenvalue weighted by Gasteiger charge is 2.16. The first-order valence-electron chi connectivity index (χ1n) is 6.90. The van der Waals surface area contributed by atoms with Gasteiger partial charge in [-0.2, -0.15) is 0 Å². The molecule has 24 heavy (non-hydrogen) atoms. The lowest BCUT2D eigenvalue weighted by atomic mass is 10.0. The van der Waals surface area contributed by atoms with Gasteiger partial charge in [0.05, 0.1) is 22.7 Å². The second-order valence-electron chi connectivity index (χ2n) is 5.09. The number of halogens is 2. The fraction of sp³-hybridized carbons (Fsp3) is 0.176. The maximum atomic E-state index is 11.9. The Morgan fingerprint density at radius 3 is 2.29 bits per heavy atom. The van der Waals surface area contributed by atoms with Gasteiger partial charge in [-0.05, 0) is 35.9 Å². The summed E-state index contributed by atoms with van der Waals surface area (Å²) in [5.74, 6) is -0.312. The number of carbonyl (C=O) groups excluding carboxylic acids is 2. The first-order chi connectivity index (χ1) is 11.3. The van der Waals surface area contributed by atoms with Gasteiger partial charge in [-0.3, -0.25) is 0 Å². The number of rotatable bonds is 3. The van der Waals surface area contributed by atoms with E-state index in [1.807, 2.05) is 0 Å². The number of amides is 1. The Labute approximate surface area is 149 Å². The standard InChI is InChI=1S/C17H15Cl2NO4/c1-20(2)17(22)24-15-9-11(16(21)23-3)4-6-12(15)10-5-7-13(18)14(19)8-10/h4-9H,1-3H3. The molecule has 0 saturated carbocycles. The van der Waals surface area contributed by atoms with Gasteiger partial charge in [-0.15, -0.1) is 0 Å². The summed E-state index contributed by atoms with van der Waals surface area (Å²) in [6.45, 7) is 0. The lowest BCUT2D eigenvalue weighted by molar-refractivity contribution is 0.0600. The summed E-state index contributed by atoms with van der Waals surface area (Å²) >= 11 is 12.0. The Bertz CT molecular complexity index is 790. The van der Waals surface area contributed by atoms with Crippen LogP contribution in [0.3, 0.4) is 0 Å². The molecule has 0 atom stereocenters. The van der Waals surface area contributed by atoms with E-state index in [0.717, 1.165) is 0 Å². The molecule has 0 aliphatic rings. The van der Waals surface area contributed by atoms with Gasteiger partial charge >= 0.3 is 12.1 Å². The number of esters is 1. The monoisotopic (exact) mass is 367 g/mol. The number of benzene rings is 2. The van der Waals surface area contributed by atoms with Gasteiger partial charge in [0.25, 0.3) is 0 Å². The van der Waals surface area contributed by atoms with Crippen molar-refractivity contribution in [1.82, 2.24) is 4.90 Å². The summed E-state index contributed by atoms with van der Waals surface area (Å²) < 4.78 is 10.1. The molecule has 0 aliphatic carbocycles. The van der Waals surface area contributed by atoms with Crippen molar-refractivity contribution in [3.63, 3.8) is 0 Å². The molecule has 7 heteroatoms. The van der Waals surface area contributed by atoms with Crippen molar-refractivity contribution in [2.75, 3.05) is 21.2 Å². The largest absolute Gasteiger partial charge is 0.465 e. The average Bonchev–Trinajstić information content (AvgIpc) is 2.56. The maximum Gasteiger partial charge on any atom is 0.414 e. The summed E-state index contributed by atoms with van der Waals surface area (Å²) in [7, 11) is 4.40. The van der Waals surface area contributed by atoms with Crippen LogP contribution in [0.15, 0.2) is 36.4 Å². The number of hydrogen-bond donors (Lipinski definition) is 0. The number of methoxy groups -OCH3 is 1.